The molecule has 0 bridgehead atoms. The third-order valence-corrected chi connectivity index (χ3v) is 5.73. The zero-order chi connectivity index (χ0) is 19.3. The Hall–Kier alpha value is -2.39. The summed E-state index contributed by atoms with van der Waals surface area (Å²) in [5.41, 5.74) is 0.816. The minimum Gasteiger partial charge on any atom is -0.483 e. The van der Waals surface area contributed by atoms with Crippen molar-refractivity contribution >= 4 is 21.6 Å². The molecule has 142 valence electrons. The number of thioether (sulfide) groups is 1. The lowest BCUT2D eigenvalue weighted by Gasteiger charge is -2.11. The van der Waals surface area contributed by atoms with E-state index in [-0.39, 0.29) is 18.1 Å². The number of hydrogen-bond acceptors (Lipinski definition) is 6. The first-order valence-electron chi connectivity index (χ1n) is 8.11. The molecule has 0 atom stereocenters. The van der Waals surface area contributed by atoms with E-state index in [0.29, 0.717) is 16.7 Å². The summed E-state index contributed by atoms with van der Waals surface area (Å²) in [5.74, 6) is 0.571. The lowest BCUT2D eigenvalue weighted by atomic mass is 10.3. The van der Waals surface area contributed by atoms with Crippen molar-refractivity contribution in [1.82, 2.24) is 14.8 Å². The summed E-state index contributed by atoms with van der Waals surface area (Å²) in [5, 5.41) is 8.85. The predicted molar refractivity (Wildman–Crippen MR) is 103 cm³/mol. The van der Waals surface area contributed by atoms with Gasteiger partial charge in [0.1, 0.15) is 16.4 Å². The van der Waals surface area contributed by atoms with Crippen molar-refractivity contribution in [1.29, 1.82) is 0 Å². The number of aromatic nitrogens is 3. The topological polar surface area (TPSA) is 74.1 Å². The number of benzene rings is 2. The minimum absolute atomic E-state index is 0.0233. The Morgan fingerprint density at radius 1 is 1.07 bits per heavy atom. The fraction of sp³-hybridized carbons (Fsp3) is 0.222. The summed E-state index contributed by atoms with van der Waals surface area (Å²) < 4.78 is 43.8. The maximum atomic E-state index is 13.8. The van der Waals surface area contributed by atoms with Crippen molar-refractivity contribution in [3.63, 3.8) is 0 Å². The van der Waals surface area contributed by atoms with Crippen LogP contribution in [-0.2, 0) is 16.4 Å². The van der Waals surface area contributed by atoms with Crippen molar-refractivity contribution in [3.05, 3.63) is 66.2 Å². The summed E-state index contributed by atoms with van der Waals surface area (Å²) in [4.78, 5) is 0. The number of nitrogens with zero attached hydrogens (tertiary/aromatic N) is 3. The number of sulfone groups is 1. The number of rotatable bonds is 8. The number of hydrogen-bond donors (Lipinski definition) is 0. The van der Waals surface area contributed by atoms with Gasteiger partial charge >= 0.3 is 0 Å². The van der Waals surface area contributed by atoms with Crippen molar-refractivity contribution in [2.24, 2.45) is 0 Å². The van der Waals surface area contributed by atoms with Gasteiger partial charge in [-0.05, 0) is 24.3 Å². The Labute approximate surface area is 161 Å². The zero-order valence-corrected chi connectivity index (χ0v) is 16.2. The normalized spacial score (nSPS) is 11.5. The highest BCUT2D eigenvalue weighted by molar-refractivity contribution is 8.00. The van der Waals surface area contributed by atoms with Crippen LogP contribution < -0.4 is 4.74 Å². The minimum atomic E-state index is -3.06. The molecule has 1 aromatic heterocycles. The van der Waals surface area contributed by atoms with Crippen LogP contribution in [0.4, 0.5) is 4.39 Å². The summed E-state index contributed by atoms with van der Waals surface area (Å²) in [7, 11) is -3.06. The maximum Gasteiger partial charge on any atom is 0.195 e. The van der Waals surface area contributed by atoms with Crippen LogP contribution in [0.3, 0.4) is 0 Å². The Balaban J connectivity index is 1.84. The molecule has 0 amide bonds. The molecule has 0 N–H and O–H groups in total. The van der Waals surface area contributed by atoms with Crippen LogP contribution in [0.1, 0.15) is 5.82 Å². The Kier molecular flexibility index (Phi) is 6.12. The van der Waals surface area contributed by atoms with Gasteiger partial charge in [-0.25, -0.2) is 12.8 Å². The average molecular weight is 407 g/mol. The molecule has 3 aromatic rings. The second-order valence-electron chi connectivity index (χ2n) is 5.77. The molecule has 27 heavy (non-hydrogen) atoms. The standard InChI is InChI=1S/C18H18FN3O3S2/c1-27(23,24)12-11-26-18-21-20-17(22(18)14-7-3-2-4-8-14)13-25-16-10-6-5-9-15(16)19/h2-10H,11-13H2,1H3. The van der Waals surface area contributed by atoms with Crippen molar-refractivity contribution < 1.29 is 17.5 Å². The third-order valence-electron chi connectivity index (χ3n) is 3.59. The first-order valence-corrected chi connectivity index (χ1v) is 11.2. The van der Waals surface area contributed by atoms with Crippen LogP contribution in [0.15, 0.2) is 59.8 Å². The second kappa shape index (κ2) is 8.53. The Bertz CT molecular complexity index is 1010. The molecular weight excluding hydrogens is 389 g/mol. The predicted octanol–water partition coefficient (Wildman–Crippen LogP) is 3.12. The van der Waals surface area contributed by atoms with E-state index in [4.69, 9.17) is 4.74 Å². The summed E-state index contributed by atoms with van der Waals surface area (Å²) in [6.07, 6.45) is 1.20. The molecule has 9 heteroatoms. The van der Waals surface area contributed by atoms with Gasteiger partial charge in [-0.1, -0.05) is 42.1 Å². The van der Waals surface area contributed by atoms with E-state index < -0.39 is 15.7 Å². The summed E-state index contributed by atoms with van der Waals surface area (Å²) >= 11 is 1.29. The highest BCUT2D eigenvalue weighted by Crippen LogP contribution is 2.24. The Morgan fingerprint density at radius 3 is 2.48 bits per heavy atom. The lowest BCUT2D eigenvalue weighted by molar-refractivity contribution is 0.278. The van der Waals surface area contributed by atoms with Gasteiger partial charge in [0.15, 0.2) is 22.5 Å². The molecule has 0 saturated heterocycles. The van der Waals surface area contributed by atoms with E-state index in [1.54, 1.807) is 22.8 Å². The molecular formula is C18H18FN3O3S2. The molecule has 0 aliphatic carbocycles. The molecule has 0 saturated carbocycles. The van der Waals surface area contributed by atoms with Crippen LogP contribution in [-0.4, -0.2) is 40.9 Å². The van der Waals surface area contributed by atoms with E-state index in [1.165, 1.54) is 24.1 Å². The largest absolute Gasteiger partial charge is 0.483 e. The van der Waals surface area contributed by atoms with Crippen molar-refractivity contribution in [2.75, 3.05) is 17.8 Å². The number of para-hydroxylation sites is 2. The van der Waals surface area contributed by atoms with Gasteiger partial charge < -0.3 is 4.74 Å². The Morgan fingerprint density at radius 2 is 1.78 bits per heavy atom. The van der Waals surface area contributed by atoms with Gasteiger partial charge in [0.25, 0.3) is 0 Å². The number of ether oxygens (including phenoxy) is 1. The molecule has 0 aliphatic heterocycles. The van der Waals surface area contributed by atoms with Gasteiger partial charge in [-0.15, -0.1) is 10.2 Å². The molecule has 1 heterocycles. The molecule has 0 aliphatic rings. The fourth-order valence-corrected chi connectivity index (χ4v) is 4.48. The van der Waals surface area contributed by atoms with Gasteiger partial charge in [-0.2, -0.15) is 0 Å². The molecule has 0 spiro atoms. The van der Waals surface area contributed by atoms with E-state index in [2.05, 4.69) is 10.2 Å². The van der Waals surface area contributed by atoms with Gasteiger partial charge in [0.2, 0.25) is 0 Å². The van der Waals surface area contributed by atoms with Gasteiger partial charge in [0.05, 0.1) is 5.75 Å². The first kappa shape index (κ1) is 19.4. The zero-order valence-electron chi connectivity index (χ0n) is 14.6. The molecule has 3 rings (SSSR count). The van der Waals surface area contributed by atoms with Crippen LogP contribution in [0.2, 0.25) is 0 Å². The smallest absolute Gasteiger partial charge is 0.195 e. The molecule has 0 unspecified atom stereocenters. The van der Waals surface area contributed by atoms with E-state index in [0.717, 1.165) is 5.69 Å². The highest BCUT2D eigenvalue weighted by Gasteiger charge is 2.16. The van der Waals surface area contributed by atoms with E-state index in [9.17, 15) is 12.8 Å². The maximum absolute atomic E-state index is 13.8. The molecule has 0 fully saturated rings. The molecule has 0 radical (unpaired) electrons. The van der Waals surface area contributed by atoms with Crippen LogP contribution in [0.25, 0.3) is 5.69 Å². The van der Waals surface area contributed by atoms with Crippen LogP contribution >= 0.6 is 11.8 Å². The summed E-state index contributed by atoms with van der Waals surface area (Å²) in [6, 6.07) is 15.6. The van der Waals surface area contributed by atoms with Gasteiger partial charge in [0, 0.05) is 17.7 Å². The third kappa shape index (κ3) is 5.30. The monoisotopic (exact) mass is 407 g/mol. The summed E-state index contributed by atoms with van der Waals surface area (Å²) in [6.45, 7) is 0.0233. The highest BCUT2D eigenvalue weighted by atomic mass is 32.2. The lowest BCUT2D eigenvalue weighted by Crippen LogP contribution is -2.08. The fourth-order valence-electron chi connectivity index (χ4n) is 2.31. The van der Waals surface area contributed by atoms with Gasteiger partial charge in [-0.3, -0.25) is 4.57 Å². The average Bonchev–Trinajstić information content (AvgIpc) is 3.03. The van der Waals surface area contributed by atoms with Crippen molar-refractivity contribution in [2.45, 2.75) is 11.8 Å². The molecule has 6 nitrogen and oxygen atoms in total. The molecule has 2 aromatic carbocycles. The number of halogens is 1. The van der Waals surface area contributed by atoms with E-state index >= 15 is 0 Å². The SMILES string of the molecule is CS(=O)(=O)CCSc1nnc(COc2ccccc2F)n1-c1ccccc1. The van der Waals surface area contributed by atoms with Crippen LogP contribution in [0.5, 0.6) is 5.75 Å². The second-order valence-corrected chi connectivity index (χ2v) is 9.09. The first-order chi connectivity index (χ1) is 12.9. The van der Waals surface area contributed by atoms with Crippen LogP contribution in [0, 0.1) is 5.82 Å². The van der Waals surface area contributed by atoms with Crippen molar-refractivity contribution in [3.8, 4) is 11.4 Å². The van der Waals surface area contributed by atoms with E-state index in [1.807, 2.05) is 30.3 Å². The quantitative estimate of drug-likeness (QED) is 0.534.